The Bertz CT molecular complexity index is 757. The molecule has 0 radical (unpaired) electrons. The van der Waals surface area contributed by atoms with Crippen LogP contribution in [-0.4, -0.2) is 35.5 Å². The highest BCUT2D eigenvalue weighted by molar-refractivity contribution is 5.94. The van der Waals surface area contributed by atoms with E-state index in [9.17, 15) is 14.0 Å². The molecule has 1 heterocycles. The first-order valence-corrected chi connectivity index (χ1v) is 7.67. The smallest absolute Gasteiger partial charge is 0.245 e. The van der Waals surface area contributed by atoms with Crippen LogP contribution >= 0.6 is 0 Å². The fourth-order valence-corrected chi connectivity index (χ4v) is 2.73. The van der Waals surface area contributed by atoms with Gasteiger partial charge in [0.15, 0.2) is 5.82 Å². The van der Waals surface area contributed by atoms with Crippen LogP contribution in [0.1, 0.15) is 23.7 Å². The summed E-state index contributed by atoms with van der Waals surface area (Å²) < 4.78 is 17.8. The van der Waals surface area contributed by atoms with E-state index < -0.39 is 0 Å². The molecule has 6 nitrogen and oxygen atoms in total. The van der Waals surface area contributed by atoms with Crippen LogP contribution in [0.25, 0.3) is 0 Å². The van der Waals surface area contributed by atoms with Crippen LogP contribution in [0.3, 0.4) is 0 Å². The van der Waals surface area contributed by atoms with Crippen LogP contribution in [0, 0.1) is 18.7 Å². The number of halogens is 1. The average Bonchev–Trinajstić information content (AvgIpc) is 3.23. The van der Waals surface area contributed by atoms with Crippen molar-refractivity contribution >= 4 is 17.6 Å². The Morgan fingerprint density at radius 2 is 2.08 bits per heavy atom. The number of anilines is 1. The van der Waals surface area contributed by atoms with Crippen molar-refractivity contribution in [2.75, 3.05) is 18.9 Å². The van der Waals surface area contributed by atoms with Gasteiger partial charge in [0, 0.05) is 19.0 Å². The lowest BCUT2D eigenvalue weighted by Crippen LogP contribution is -2.36. The van der Waals surface area contributed by atoms with Gasteiger partial charge in [-0.05, 0) is 37.0 Å². The molecule has 1 aromatic carbocycles. The van der Waals surface area contributed by atoms with Crippen LogP contribution in [0.2, 0.25) is 0 Å². The SMILES string of the molecule is Cc1cc(NC(=O)CN(C)C(=O)C2CC2c2ccc(F)cc2)no1. The average molecular weight is 331 g/mol. The maximum Gasteiger partial charge on any atom is 0.245 e. The number of hydrogen-bond acceptors (Lipinski definition) is 4. The predicted octanol–water partition coefficient (Wildman–Crippen LogP) is 2.32. The number of likely N-dealkylation sites (N-methyl/N-ethyl adjacent to an activating group) is 1. The van der Waals surface area contributed by atoms with Crippen LogP contribution in [0.5, 0.6) is 0 Å². The molecule has 1 saturated carbocycles. The summed E-state index contributed by atoms with van der Waals surface area (Å²) in [7, 11) is 1.59. The molecule has 24 heavy (non-hydrogen) atoms. The molecule has 2 amide bonds. The number of hydrogen-bond donors (Lipinski definition) is 1. The molecule has 3 rings (SSSR count). The van der Waals surface area contributed by atoms with Gasteiger partial charge in [-0.15, -0.1) is 0 Å². The third-order valence-electron chi connectivity index (χ3n) is 4.06. The molecule has 2 atom stereocenters. The van der Waals surface area contributed by atoms with E-state index in [4.69, 9.17) is 4.52 Å². The van der Waals surface area contributed by atoms with Crippen molar-refractivity contribution in [2.24, 2.45) is 5.92 Å². The Morgan fingerprint density at radius 3 is 2.71 bits per heavy atom. The van der Waals surface area contributed by atoms with E-state index in [1.807, 2.05) is 0 Å². The van der Waals surface area contributed by atoms with Crippen molar-refractivity contribution in [2.45, 2.75) is 19.3 Å². The number of carbonyl (C=O) groups is 2. The van der Waals surface area contributed by atoms with Crippen LogP contribution in [-0.2, 0) is 9.59 Å². The summed E-state index contributed by atoms with van der Waals surface area (Å²) in [6, 6.07) is 7.80. The van der Waals surface area contributed by atoms with Crippen molar-refractivity contribution in [3.63, 3.8) is 0 Å². The minimum absolute atomic E-state index is 0.0582. The number of amides is 2. The Labute approximate surface area is 138 Å². The molecule has 2 unspecified atom stereocenters. The zero-order valence-corrected chi connectivity index (χ0v) is 13.5. The van der Waals surface area contributed by atoms with E-state index in [1.54, 1.807) is 32.2 Å². The van der Waals surface area contributed by atoms with E-state index in [1.165, 1.54) is 17.0 Å². The molecule has 1 aromatic heterocycles. The molecule has 7 heteroatoms. The number of aryl methyl sites for hydroxylation is 1. The summed E-state index contributed by atoms with van der Waals surface area (Å²) in [6.45, 7) is 1.67. The summed E-state index contributed by atoms with van der Waals surface area (Å²) >= 11 is 0. The molecule has 0 saturated heterocycles. The van der Waals surface area contributed by atoms with Gasteiger partial charge in [-0.25, -0.2) is 4.39 Å². The Balaban J connectivity index is 1.52. The Morgan fingerprint density at radius 1 is 1.38 bits per heavy atom. The monoisotopic (exact) mass is 331 g/mol. The summed E-state index contributed by atoms with van der Waals surface area (Å²) in [5.41, 5.74) is 0.950. The maximum atomic E-state index is 12.9. The predicted molar refractivity (Wildman–Crippen MR) is 84.8 cm³/mol. The molecular formula is C17H18FN3O3. The molecule has 0 bridgehead atoms. The highest BCUT2D eigenvalue weighted by atomic mass is 19.1. The molecule has 2 aromatic rings. The minimum Gasteiger partial charge on any atom is -0.360 e. The second-order valence-corrected chi connectivity index (χ2v) is 6.07. The zero-order valence-electron chi connectivity index (χ0n) is 13.5. The third-order valence-corrected chi connectivity index (χ3v) is 4.06. The number of nitrogens with one attached hydrogen (secondary N) is 1. The van der Waals surface area contributed by atoms with E-state index in [0.29, 0.717) is 11.6 Å². The van der Waals surface area contributed by atoms with Crippen molar-refractivity contribution in [3.8, 4) is 0 Å². The first kappa shape index (κ1) is 16.2. The van der Waals surface area contributed by atoms with Gasteiger partial charge in [-0.1, -0.05) is 17.3 Å². The van der Waals surface area contributed by atoms with Gasteiger partial charge in [0.1, 0.15) is 11.6 Å². The van der Waals surface area contributed by atoms with Crippen molar-refractivity contribution in [1.82, 2.24) is 10.1 Å². The number of carbonyl (C=O) groups excluding carboxylic acids is 2. The summed E-state index contributed by atoms with van der Waals surface area (Å²) in [4.78, 5) is 25.7. The lowest BCUT2D eigenvalue weighted by Gasteiger charge is -2.16. The standard InChI is InChI=1S/C17H18FN3O3/c1-10-7-15(20-24-10)19-16(22)9-21(2)17(23)14-8-13(14)11-3-5-12(18)6-4-11/h3-7,13-14H,8-9H2,1-2H3,(H,19,20,22). The van der Waals surface area contributed by atoms with Crippen LogP contribution < -0.4 is 5.32 Å². The largest absolute Gasteiger partial charge is 0.360 e. The molecule has 1 N–H and O–H groups in total. The lowest BCUT2D eigenvalue weighted by molar-refractivity contribution is -0.134. The second kappa shape index (κ2) is 6.43. The maximum absolute atomic E-state index is 12.9. The topological polar surface area (TPSA) is 75.4 Å². The van der Waals surface area contributed by atoms with Crippen molar-refractivity contribution < 1.29 is 18.5 Å². The Kier molecular flexibility index (Phi) is 4.33. The fourth-order valence-electron chi connectivity index (χ4n) is 2.73. The third kappa shape index (κ3) is 3.61. The summed E-state index contributed by atoms with van der Waals surface area (Å²) in [5, 5.41) is 6.25. The molecule has 1 fully saturated rings. The normalized spacial score (nSPS) is 19.0. The highest BCUT2D eigenvalue weighted by Crippen LogP contribution is 2.48. The molecule has 0 spiro atoms. The first-order chi connectivity index (χ1) is 11.4. The van der Waals surface area contributed by atoms with Gasteiger partial charge in [-0.3, -0.25) is 9.59 Å². The van der Waals surface area contributed by atoms with Gasteiger partial charge >= 0.3 is 0 Å². The molecule has 1 aliphatic carbocycles. The van der Waals surface area contributed by atoms with Gasteiger partial charge < -0.3 is 14.7 Å². The van der Waals surface area contributed by atoms with Gasteiger partial charge in [0.05, 0.1) is 6.54 Å². The van der Waals surface area contributed by atoms with Gasteiger partial charge in [0.2, 0.25) is 11.8 Å². The molecule has 0 aliphatic heterocycles. The minimum atomic E-state index is -0.335. The second-order valence-electron chi connectivity index (χ2n) is 6.07. The van der Waals surface area contributed by atoms with E-state index in [-0.39, 0.29) is 36.0 Å². The van der Waals surface area contributed by atoms with Crippen molar-refractivity contribution in [1.29, 1.82) is 0 Å². The van der Waals surface area contributed by atoms with Gasteiger partial charge in [0.25, 0.3) is 0 Å². The first-order valence-electron chi connectivity index (χ1n) is 7.67. The van der Waals surface area contributed by atoms with Crippen LogP contribution in [0.15, 0.2) is 34.9 Å². The van der Waals surface area contributed by atoms with Gasteiger partial charge in [-0.2, -0.15) is 0 Å². The Hall–Kier alpha value is -2.70. The quantitative estimate of drug-likeness (QED) is 0.912. The zero-order chi connectivity index (χ0) is 17.3. The lowest BCUT2D eigenvalue weighted by atomic mass is 10.1. The van der Waals surface area contributed by atoms with E-state index in [2.05, 4.69) is 10.5 Å². The highest BCUT2D eigenvalue weighted by Gasteiger charge is 2.45. The summed E-state index contributed by atoms with van der Waals surface area (Å²) in [5.74, 6) is 0.154. The number of nitrogens with zero attached hydrogens (tertiary/aromatic N) is 2. The number of benzene rings is 1. The number of aromatic nitrogens is 1. The molecular weight excluding hydrogens is 313 g/mol. The number of rotatable bonds is 5. The van der Waals surface area contributed by atoms with E-state index in [0.717, 1.165) is 12.0 Å². The fraction of sp³-hybridized carbons (Fsp3) is 0.353. The van der Waals surface area contributed by atoms with E-state index >= 15 is 0 Å². The summed E-state index contributed by atoms with van der Waals surface area (Å²) in [6.07, 6.45) is 0.721. The van der Waals surface area contributed by atoms with Crippen molar-refractivity contribution in [3.05, 3.63) is 47.5 Å². The molecule has 126 valence electrons. The van der Waals surface area contributed by atoms with Crippen LogP contribution in [0.4, 0.5) is 10.2 Å². The molecule has 1 aliphatic rings.